The quantitative estimate of drug-likeness (QED) is 0.592. The first kappa shape index (κ1) is 12.4. The molecule has 0 aliphatic carbocycles. The van der Waals surface area contributed by atoms with Gasteiger partial charge < -0.3 is 10.2 Å². The highest BCUT2D eigenvalue weighted by Crippen LogP contribution is 2.09. The van der Waals surface area contributed by atoms with Gasteiger partial charge in [0.2, 0.25) is 0 Å². The fourth-order valence-corrected chi connectivity index (χ4v) is 0.612. The van der Waals surface area contributed by atoms with Crippen LogP contribution in [-0.4, -0.2) is 33.9 Å². The number of aliphatic carboxylic acids is 1. The maximum absolute atomic E-state index is 10.7. The zero-order valence-electron chi connectivity index (χ0n) is 8.72. The molecule has 0 aromatic heterocycles. The lowest BCUT2D eigenvalue weighted by Crippen LogP contribution is -2.52. The van der Waals surface area contributed by atoms with Crippen LogP contribution in [0.25, 0.3) is 0 Å². The first-order valence-electron chi connectivity index (χ1n) is 4.42. The molecule has 0 rings (SSSR count). The molecule has 0 aromatic carbocycles. The van der Waals surface area contributed by atoms with Crippen molar-refractivity contribution in [2.75, 3.05) is 6.54 Å². The van der Waals surface area contributed by atoms with Crippen LogP contribution in [0.4, 0.5) is 0 Å². The summed E-state index contributed by atoms with van der Waals surface area (Å²) in [6.07, 6.45) is 0.593. The van der Waals surface area contributed by atoms with Crippen LogP contribution in [0, 0.1) is 0 Å². The molecular weight excluding hydrogens is 170 g/mol. The van der Waals surface area contributed by atoms with E-state index in [1.54, 1.807) is 20.8 Å². The molecule has 0 aliphatic heterocycles. The van der Waals surface area contributed by atoms with Crippen LogP contribution in [0.15, 0.2) is 0 Å². The molecule has 78 valence electrons. The average Bonchev–Trinajstić information content (AvgIpc) is 2.01. The van der Waals surface area contributed by atoms with Crippen molar-refractivity contribution in [3.63, 3.8) is 0 Å². The number of aliphatic hydroxyl groups is 1. The molecule has 0 bridgehead atoms. The van der Waals surface area contributed by atoms with E-state index < -0.39 is 17.1 Å². The van der Waals surface area contributed by atoms with Crippen LogP contribution in [0.2, 0.25) is 0 Å². The molecule has 0 radical (unpaired) electrons. The smallest absolute Gasteiger partial charge is 0.323 e. The van der Waals surface area contributed by atoms with Crippen LogP contribution in [0.1, 0.15) is 34.1 Å². The summed E-state index contributed by atoms with van der Waals surface area (Å²) in [5.41, 5.74) is -1.83. The van der Waals surface area contributed by atoms with Crippen LogP contribution in [0.5, 0.6) is 0 Å². The van der Waals surface area contributed by atoms with E-state index in [9.17, 15) is 9.90 Å². The zero-order valence-corrected chi connectivity index (χ0v) is 8.72. The van der Waals surface area contributed by atoms with Gasteiger partial charge in [0.1, 0.15) is 5.54 Å². The number of rotatable bonds is 5. The Kier molecular flexibility index (Phi) is 3.88. The summed E-state index contributed by atoms with van der Waals surface area (Å²) in [4.78, 5) is 10.7. The highest BCUT2D eigenvalue weighted by atomic mass is 16.4. The number of hydrogen-bond acceptors (Lipinski definition) is 3. The molecule has 4 heteroatoms. The van der Waals surface area contributed by atoms with E-state index >= 15 is 0 Å². The third-order valence-electron chi connectivity index (χ3n) is 2.21. The lowest BCUT2D eigenvalue weighted by Gasteiger charge is -2.28. The molecule has 0 amide bonds. The highest BCUT2D eigenvalue weighted by molar-refractivity contribution is 5.77. The Morgan fingerprint density at radius 1 is 1.38 bits per heavy atom. The number of hydrogen-bond donors (Lipinski definition) is 3. The number of carboxylic acids is 1. The maximum atomic E-state index is 10.7. The molecule has 1 atom stereocenters. The first-order valence-corrected chi connectivity index (χ1v) is 4.42. The summed E-state index contributed by atoms with van der Waals surface area (Å²) >= 11 is 0. The summed E-state index contributed by atoms with van der Waals surface area (Å²) in [6, 6.07) is 0. The molecule has 1 unspecified atom stereocenters. The fourth-order valence-electron chi connectivity index (χ4n) is 0.612. The molecule has 0 spiro atoms. The summed E-state index contributed by atoms with van der Waals surface area (Å²) in [5, 5.41) is 21.2. The van der Waals surface area contributed by atoms with E-state index in [-0.39, 0.29) is 6.54 Å². The Balaban J connectivity index is 4.09. The average molecular weight is 189 g/mol. The number of β-amino-alcohol motifs (C(OH)–C–C–N with tert-alkyl or cyclic N) is 1. The third kappa shape index (κ3) is 4.24. The van der Waals surface area contributed by atoms with Crippen molar-refractivity contribution in [1.29, 1.82) is 0 Å². The predicted octanol–water partition coefficient (Wildman–Crippen LogP) is 0.600. The van der Waals surface area contributed by atoms with Crippen molar-refractivity contribution in [2.45, 2.75) is 45.3 Å². The molecule has 0 aliphatic rings. The van der Waals surface area contributed by atoms with Crippen LogP contribution < -0.4 is 5.32 Å². The molecule has 0 saturated carbocycles. The Labute approximate surface area is 79.0 Å². The van der Waals surface area contributed by atoms with E-state index in [4.69, 9.17) is 5.11 Å². The van der Waals surface area contributed by atoms with E-state index in [0.29, 0.717) is 6.42 Å². The van der Waals surface area contributed by atoms with Crippen molar-refractivity contribution in [1.82, 2.24) is 5.32 Å². The summed E-state index contributed by atoms with van der Waals surface area (Å²) in [7, 11) is 0. The van der Waals surface area contributed by atoms with Crippen molar-refractivity contribution < 1.29 is 15.0 Å². The third-order valence-corrected chi connectivity index (χ3v) is 2.21. The van der Waals surface area contributed by atoms with Crippen LogP contribution >= 0.6 is 0 Å². The van der Waals surface area contributed by atoms with Gasteiger partial charge in [0, 0.05) is 6.54 Å². The Hall–Kier alpha value is -0.610. The summed E-state index contributed by atoms with van der Waals surface area (Å²) in [6.45, 7) is 6.96. The molecular formula is C9H19NO3. The largest absolute Gasteiger partial charge is 0.480 e. The standard InChI is InChI=1S/C9H19NO3/c1-5-9(4,13)6-10-8(2,3)7(11)12/h10,13H,5-6H2,1-4H3,(H,11,12). The minimum absolute atomic E-state index is 0.281. The van der Waals surface area contributed by atoms with Crippen molar-refractivity contribution in [3.05, 3.63) is 0 Å². The molecule has 0 heterocycles. The molecule has 13 heavy (non-hydrogen) atoms. The van der Waals surface area contributed by atoms with Gasteiger partial charge in [0.25, 0.3) is 0 Å². The molecule has 4 nitrogen and oxygen atoms in total. The van der Waals surface area contributed by atoms with Crippen molar-refractivity contribution in [3.8, 4) is 0 Å². The minimum atomic E-state index is -0.987. The number of nitrogens with one attached hydrogen (secondary N) is 1. The van der Waals surface area contributed by atoms with Gasteiger partial charge in [0.05, 0.1) is 5.60 Å². The first-order chi connectivity index (χ1) is 5.71. The fraction of sp³-hybridized carbons (Fsp3) is 0.889. The number of carbonyl (C=O) groups is 1. The normalized spacial score (nSPS) is 16.7. The van der Waals surface area contributed by atoms with Gasteiger partial charge in [0.15, 0.2) is 0 Å². The monoisotopic (exact) mass is 189 g/mol. The number of carboxylic acid groups (broad SMARTS) is 1. The van der Waals surface area contributed by atoms with Gasteiger partial charge in [-0.3, -0.25) is 10.1 Å². The Morgan fingerprint density at radius 3 is 2.15 bits per heavy atom. The molecule has 3 N–H and O–H groups in total. The predicted molar refractivity (Wildman–Crippen MR) is 50.6 cm³/mol. The van der Waals surface area contributed by atoms with Gasteiger partial charge >= 0.3 is 5.97 Å². The van der Waals surface area contributed by atoms with Crippen molar-refractivity contribution >= 4 is 5.97 Å². The van der Waals surface area contributed by atoms with Gasteiger partial charge in [-0.05, 0) is 27.2 Å². The van der Waals surface area contributed by atoms with Gasteiger partial charge in [-0.15, -0.1) is 0 Å². The lowest BCUT2D eigenvalue weighted by atomic mass is 10.0. The SMILES string of the molecule is CCC(C)(O)CNC(C)(C)C(=O)O. The second-order valence-corrected chi connectivity index (χ2v) is 4.13. The molecule has 0 fully saturated rings. The summed E-state index contributed by atoms with van der Waals surface area (Å²) in [5.74, 6) is -0.917. The van der Waals surface area contributed by atoms with E-state index in [1.165, 1.54) is 0 Å². The molecule has 0 saturated heterocycles. The Bertz CT molecular complexity index is 187. The topological polar surface area (TPSA) is 69.6 Å². The van der Waals surface area contributed by atoms with Gasteiger partial charge in [-0.1, -0.05) is 6.92 Å². The van der Waals surface area contributed by atoms with Gasteiger partial charge in [-0.25, -0.2) is 0 Å². The van der Waals surface area contributed by atoms with Gasteiger partial charge in [-0.2, -0.15) is 0 Å². The highest BCUT2D eigenvalue weighted by Gasteiger charge is 2.29. The molecule has 0 aromatic rings. The van der Waals surface area contributed by atoms with E-state index in [2.05, 4.69) is 5.32 Å². The second-order valence-electron chi connectivity index (χ2n) is 4.13. The van der Waals surface area contributed by atoms with Crippen LogP contribution in [-0.2, 0) is 4.79 Å². The lowest BCUT2D eigenvalue weighted by molar-refractivity contribution is -0.143. The minimum Gasteiger partial charge on any atom is -0.480 e. The van der Waals surface area contributed by atoms with Crippen LogP contribution in [0.3, 0.4) is 0 Å². The second kappa shape index (κ2) is 4.07. The van der Waals surface area contributed by atoms with E-state index in [1.807, 2.05) is 6.92 Å². The van der Waals surface area contributed by atoms with E-state index in [0.717, 1.165) is 0 Å². The zero-order chi connectivity index (χ0) is 10.7. The maximum Gasteiger partial charge on any atom is 0.323 e. The Morgan fingerprint density at radius 2 is 1.85 bits per heavy atom. The van der Waals surface area contributed by atoms with Crippen molar-refractivity contribution in [2.24, 2.45) is 0 Å². The summed E-state index contributed by atoms with van der Waals surface area (Å²) < 4.78 is 0.